The van der Waals surface area contributed by atoms with E-state index in [4.69, 9.17) is 11.6 Å². The molecule has 0 aromatic carbocycles. The summed E-state index contributed by atoms with van der Waals surface area (Å²) in [4.78, 5) is 4.63. The number of H-pyrrole nitrogens is 1. The Bertz CT molecular complexity index is 941. The predicted molar refractivity (Wildman–Crippen MR) is 87.2 cm³/mol. The van der Waals surface area contributed by atoms with Crippen molar-refractivity contribution in [3.05, 3.63) is 46.6 Å². The molecule has 0 aliphatic rings. The molecule has 0 unspecified atom stereocenters. The molecule has 2 N–H and O–H groups in total. The van der Waals surface area contributed by atoms with Crippen LogP contribution in [-0.2, 0) is 16.4 Å². The van der Waals surface area contributed by atoms with Crippen LogP contribution in [0.4, 0.5) is 0 Å². The maximum Gasteiger partial charge on any atom is 0.244 e. The van der Waals surface area contributed by atoms with Crippen LogP contribution in [0, 0.1) is 13.8 Å². The highest BCUT2D eigenvalue weighted by molar-refractivity contribution is 7.89. The van der Waals surface area contributed by atoms with Gasteiger partial charge in [0.25, 0.3) is 0 Å². The maximum absolute atomic E-state index is 12.3. The van der Waals surface area contributed by atoms with E-state index >= 15 is 0 Å². The molecule has 122 valence electrons. The first-order chi connectivity index (χ1) is 10.9. The quantitative estimate of drug-likeness (QED) is 0.732. The molecule has 3 aromatic rings. The number of aromatic nitrogens is 4. The first-order valence-electron chi connectivity index (χ1n) is 7.01. The topological polar surface area (TPSA) is 92.1 Å². The average molecular weight is 354 g/mol. The van der Waals surface area contributed by atoms with E-state index in [0.717, 1.165) is 11.3 Å². The number of nitrogens with one attached hydrogen (secondary N) is 2. The fourth-order valence-electron chi connectivity index (χ4n) is 2.46. The number of pyridine rings is 1. The van der Waals surface area contributed by atoms with Crippen molar-refractivity contribution in [2.45, 2.75) is 25.2 Å². The summed E-state index contributed by atoms with van der Waals surface area (Å²) in [5.41, 5.74) is 2.54. The monoisotopic (exact) mass is 353 g/mol. The van der Waals surface area contributed by atoms with Crippen molar-refractivity contribution in [3.63, 3.8) is 0 Å². The van der Waals surface area contributed by atoms with Crippen LogP contribution in [0.15, 0.2) is 29.4 Å². The van der Waals surface area contributed by atoms with Crippen molar-refractivity contribution < 1.29 is 8.42 Å². The summed E-state index contributed by atoms with van der Waals surface area (Å²) in [5, 5.41) is 7.21. The first-order valence-corrected chi connectivity index (χ1v) is 8.87. The van der Waals surface area contributed by atoms with Crippen LogP contribution in [-0.4, -0.2) is 34.5 Å². The second-order valence-electron chi connectivity index (χ2n) is 5.26. The van der Waals surface area contributed by atoms with E-state index in [-0.39, 0.29) is 11.4 Å². The molecule has 3 heterocycles. The number of sulfonamides is 1. The number of hydrogen-bond acceptors (Lipinski definition) is 4. The Morgan fingerprint density at radius 1 is 1.30 bits per heavy atom. The summed E-state index contributed by atoms with van der Waals surface area (Å²) in [5.74, 6) is 0. The number of aromatic amines is 1. The smallest absolute Gasteiger partial charge is 0.244 e. The van der Waals surface area contributed by atoms with Gasteiger partial charge in [-0.1, -0.05) is 11.6 Å². The van der Waals surface area contributed by atoms with Crippen molar-refractivity contribution in [3.8, 4) is 0 Å². The molecular formula is C14H16ClN5O2S. The summed E-state index contributed by atoms with van der Waals surface area (Å²) >= 11 is 5.93. The Morgan fingerprint density at radius 3 is 2.78 bits per heavy atom. The lowest BCUT2D eigenvalue weighted by Gasteiger charge is -2.05. The van der Waals surface area contributed by atoms with Gasteiger partial charge in [0.05, 0.1) is 22.1 Å². The minimum absolute atomic E-state index is 0.208. The highest BCUT2D eigenvalue weighted by Crippen LogP contribution is 2.16. The first kappa shape index (κ1) is 16.0. The van der Waals surface area contributed by atoms with Gasteiger partial charge in [-0.05, 0) is 26.0 Å². The number of hydrogen-bond donors (Lipinski definition) is 2. The third-order valence-corrected chi connectivity index (χ3v) is 5.41. The van der Waals surface area contributed by atoms with E-state index in [1.165, 1.54) is 0 Å². The Labute approximate surface area is 138 Å². The second kappa shape index (κ2) is 5.95. The molecule has 23 heavy (non-hydrogen) atoms. The van der Waals surface area contributed by atoms with E-state index in [1.807, 2.05) is 16.7 Å². The number of rotatable bonds is 5. The molecular weight excluding hydrogens is 338 g/mol. The third kappa shape index (κ3) is 3.24. The molecule has 0 saturated heterocycles. The van der Waals surface area contributed by atoms with Crippen molar-refractivity contribution in [2.75, 3.05) is 6.54 Å². The standard InChI is InChI=1S/C14H16ClN5O2S/c1-9-14(10(2)19-18-9)23(21,22)16-6-5-12-8-20-7-11(15)3-4-13(20)17-12/h3-4,7-8,16H,5-6H2,1-2H3,(H,18,19). The van der Waals surface area contributed by atoms with Crippen molar-refractivity contribution in [1.82, 2.24) is 24.3 Å². The molecule has 0 radical (unpaired) electrons. The third-order valence-electron chi connectivity index (χ3n) is 3.47. The molecule has 0 spiro atoms. The molecule has 7 nitrogen and oxygen atoms in total. The van der Waals surface area contributed by atoms with Gasteiger partial charge in [0.15, 0.2) is 0 Å². The zero-order valence-electron chi connectivity index (χ0n) is 12.7. The highest BCUT2D eigenvalue weighted by Gasteiger charge is 2.21. The lowest BCUT2D eigenvalue weighted by molar-refractivity contribution is 0.580. The molecule has 0 aliphatic carbocycles. The fourth-order valence-corrected chi connectivity index (χ4v) is 4.03. The lowest BCUT2D eigenvalue weighted by Crippen LogP contribution is -2.27. The van der Waals surface area contributed by atoms with Gasteiger partial charge in [0, 0.05) is 25.4 Å². The number of fused-ring (bicyclic) bond motifs is 1. The Morgan fingerprint density at radius 2 is 2.09 bits per heavy atom. The van der Waals surface area contributed by atoms with Crippen molar-refractivity contribution in [2.24, 2.45) is 0 Å². The zero-order chi connectivity index (χ0) is 16.6. The van der Waals surface area contributed by atoms with Gasteiger partial charge in [0.1, 0.15) is 10.5 Å². The van der Waals surface area contributed by atoms with Crippen molar-refractivity contribution in [1.29, 1.82) is 0 Å². The van der Waals surface area contributed by atoms with Crippen LogP contribution < -0.4 is 4.72 Å². The summed E-state index contributed by atoms with van der Waals surface area (Å²) < 4.78 is 29.1. The van der Waals surface area contributed by atoms with Crippen LogP contribution in [0.2, 0.25) is 5.02 Å². The second-order valence-corrected chi connectivity index (χ2v) is 7.40. The molecule has 0 bridgehead atoms. The van der Waals surface area contributed by atoms with Gasteiger partial charge in [0.2, 0.25) is 10.0 Å². The van der Waals surface area contributed by atoms with Crippen LogP contribution in [0.1, 0.15) is 17.1 Å². The summed E-state index contributed by atoms with van der Waals surface area (Å²) in [6.45, 7) is 3.59. The van der Waals surface area contributed by atoms with Gasteiger partial charge in [-0.3, -0.25) is 5.10 Å². The van der Waals surface area contributed by atoms with Gasteiger partial charge < -0.3 is 4.40 Å². The number of aryl methyl sites for hydroxylation is 2. The molecule has 9 heteroatoms. The van der Waals surface area contributed by atoms with Crippen molar-refractivity contribution >= 4 is 27.3 Å². The molecule has 3 rings (SSSR count). The minimum atomic E-state index is -3.58. The van der Waals surface area contributed by atoms with Crippen LogP contribution in [0.25, 0.3) is 5.65 Å². The van der Waals surface area contributed by atoms with E-state index in [2.05, 4.69) is 19.9 Å². The molecule has 0 aliphatic heterocycles. The van der Waals surface area contributed by atoms with Crippen LogP contribution in [0.3, 0.4) is 0 Å². The molecule has 0 atom stereocenters. The van der Waals surface area contributed by atoms with E-state index in [0.29, 0.717) is 22.8 Å². The van der Waals surface area contributed by atoms with Gasteiger partial charge in [-0.2, -0.15) is 5.10 Å². The van der Waals surface area contributed by atoms with Gasteiger partial charge in [-0.25, -0.2) is 18.1 Å². The predicted octanol–water partition coefficient (Wildman–Crippen LogP) is 1.85. The fraction of sp³-hybridized carbons (Fsp3) is 0.286. The number of halogens is 1. The molecule has 0 saturated carbocycles. The minimum Gasteiger partial charge on any atom is -0.305 e. The maximum atomic E-state index is 12.3. The molecule has 0 amide bonds. The summed E-state index contributed by atoms with van der Waals surface area (Å²) in [7, 11) is -3.58. The highest BCUT2D eigenvalue weighted by atomic mass is 35.5. The van der Waals surface area contributed by atoms with Crippen LogP contribution in [0.5, 0.6) is 0 Å². The van der Waals surface area contributed by atoms with Gasteiger partial charge in [-0.15, -0.1) is 0 Å². The summed E-state index contributed by atoms with van der Waals surface area (Å²) in [6, 6.07) is 3.58. The Hall–Kier alpha value is -1.90. The number of imidazole rings is 1. The SMILES string of the molecule is Cc1n[nH]c(C)c1S(=O)(=O)NCCc1cn2cc(Cl)ccc2n1. The van der Waals surface area contributed by atoms with Crippen LogP contribution >= 0.6 is 11.6 Å². The van der Waals surface area contributed by atoms with E-state index in [1.54, 1.807) is 26.1 Å². The Kier molecular flexibility index (Phi) is 4.13. The zero-order valence-corrected chi connectivity index (χ0v) is 14.2. The largest absolute Gasteiger partial charge is 0.305 e. The Balaban J connectivity index is 1.71. The summed E-state index contributed by atoms with van der Waals surface area (Å²) in [6.07, 6.45) is 4.08. The normalized spacial score (nSPS) is 12.1. The lowest BCUT2D eigenvalue weighted by atomic mass is 10.3. The number of nitrogens with zero attached hydrogens (tertiary/aromatic N) is 3. The molecule has 3 aromatic heterocycles. The van der Waals surface area contributed by atoms with Gasteiger partial charge >= 0.3 is 0 Å². The van der Waals surface area contributed by atoms with E-state index in [9.17, 15) is 8.42 Å². The van der Waals surface area contributed by atoms with E-state index < -0.39 is 10.0 Å². The molecule has 0 fully saturated rings. The average Bonchev–Trinajstić information content (AvgIpc) is 3.01.